The smallest absolute Gasteiger partial charge is 0.238 e. The number of hydrogen-bond donors (Lipinski definition) is 2. The molecule has 0 heterocycles. The Kier molecular flexibility index (Phi) is 5.19. The molecule has 0 aliphatic heterocycles. The van der Waals surface area contributed by atoms with Gasteiger partial charge in [-0.1, -0.05) is 13.8 Å². The molecule has 3 N–H and O–H groups in total. The lowest BCUT2D eigenvalue weighted by Gasteiger charge is -2.00. The Bertz CT molecular complexity index is 357. The van der Waals surface area contributed by atoms with E-state index in [1.807, 2.05) is 13.8 Å². The third-order valence-corrected chi connectivity index (χ3v) is 2.40. The van der Waals surface area contributed by atoms with E-state index in [2.05, 4.69) is 5.32 Å². The topological polar surface area (TPSA) is 72.2 Å². The van der Waals surface area contributed by atoms with Crippen molar-refractivity contribution in [2.24, 2.45) is 5.14 Å². The van der Waals surface area contributed by atoms with Crippen LogP contribution in [0.25, 0.3) is 0 Å². The van der Waals surface area contributed by atoms with Gasteiger partial charge in [0.1, 0.15) is 0 Å². The highest BCUT2D eigenvalue weighted by atomic mass is 32.2. The maximum Gasteiger partial charge on any atom is 0.238 e. The average molecular weight is 216 g/mol. The zero-order valence-corrected chi connectivity index (χ0v) is 9.43. The Morgan fingerprint density at radius 3 is 1.86 bits per heavy atom. The first-order valence-electron chi connectivity index (χ1n) is 4.34. The molecule has 0 saturated carbocycles. The second kappa shape index (κ2) is 5.62. The van der Waals surface area contributed by atoms with E-state index in [4.69, 9.17) is 5.14 Å². The molecule has 4 nitrogen and oxygen atoms in total. The van der Waals surface area contributed by atoms with Crippen molar-refractivity contribution in [1.82, 2.24) is 0 Å². The molecule has 80 valence electrons. The zero-order chi connectivity index (χ0) is 11.2. The fourth-order valence-electron chi connectivity index (χ4n) is 0.811. The summed E-state index contributed by atoms with van der Waals surface area (Å²) in [6, 6.07) is 6.22. The van der Waals surface area contributed by atoms with Crippen LogP contribution in [0.2, 0.25) is 0 Å². The van der Waals surface area contributed by atoms with Crippen molar-refractivity contribution in [3.63, 3.8) is 0 Å². The van der Waals surface area contributed by atoms with Crippen LogP contribution in [0.1, 0.15) is 13.8 Å². The molecular formula is C9H16N2O2S. The Labute approximate surface area is 85.2 Å². The lowest BCUT2D eigenvalue weighted by molar-refractivity contribution is 0.598. The summed E-state index contributed by atoms with van der Waals surface area (Å²) in [5, 5.41) is 7.77. The minimum absolute atomic E-state index is 0.126. The summed E-state index contributed by atoms with van der Waals surface area (Å²) in [5.41, 5.74) is 0.849. The first-order valence-corrected chi connectivity index (χ1v) is 5.89. The van der Waals surface area contributed by atoms with Crippen LogP contribution in [0.4, 0.5) is 5.69 Å². The summed E-state index contributed by atoms with van der Waals surface area (Å²) in [6.45, 7) is 4.00. The number of anilines is 1. The first kappa shape index (κ1) is 12.9. The molecule has 5 heteroatoms. The summed E-state index contributed by atoms with van der Waals surface area (Å²) in [5.74, 6) is 0. The zero-order valence-electron chi connectivity index (χ0n) is 8.61. The predicted octanol–water partition coefficient (Wildman–Crippen LogP) is 1.40. The Balaban J connectivity index is 0.000000791. The second-order valence-corrected chi connectivity index (χ2v) is 3.88. The summed E-state index contributed by atoms with van der Waals surface area (Å²) >= 11 is 0. The van der Waals surface area contributed by atoms with E-state index < -0.39 is 10.0 Å². The lowest BCUT2D eigenvalue weighted by atomic mass is 10.3. The summed E-state index contributed by atoms with van der Waals surface area (Å²) < 4.78 is 21.6. The van der Waals surface area contributed by atoms with E-state index in [0.29, 0.717) is 0 Å². The number of sulfonamides is 1. The summed E-state index contributed by atoms with van der Waals surface area (Å²) in [6.07, 6.45) is 0. The number of nitrogens with two attached hydrogens (primary N) is 1. The van der Waals surface area contributed by atoms with E-state index >= 15 is 0 Å². The molecule has 0 atom stereocenters. The molecule has 0 bridgehead atoms. The van der Waals surface area contributed by atoms with Gasteiger partial charge in [-0.2, -0.15) is 0 Å². The summed E-state index contributed by atoms with van der Waals surface area (Å²) in [4.78, 5) is 0.126. The number of primary sulfonamides is 1. The molecule has 1 aromatic carbocycles. The van der Waals surface area contributed by atoms with Crippen molar-refractivity contribution in [1.29, 1.82) is 0 Å². The van der Waals surface area contributed by atoms with Gasteiger partial charge in [0.25, 0.3) is 0 Å². The quantitative estimate of drug-likeness (QED) is 0.785. The normalized spacial score (nSPS) is 10.0. The maximum absolute atomic E-state index is 10.8. The Hall–Kier alpha value is -1.07. The molecule has 0 unspecified atom stereocenters. The van der Waals surface area contributed by atoms with Gasteiger partial charge in [-0.3, -0.25) is 0 Å². The largest absolute Gasteiger partial charge is 0.388 e. The molecule has 0 spiro atoms. The van der Waals surface area contributed by atoms with Crippen molar-refractivity contribution < 1.29 is 8.42 Å². The van der Waals surface area contributed by atoms with E-state index in [1.165, 1.54) is 12.1 Å². The molecule has 0 amide bonds. The molecule has 0 aliphatic rings. The van der Waals surface area contributed by atoms with Crippen LogP contribution in [-0.2, 0) is 10.0 Å². The highest BCUT2D eigenvalue weighted by Gasteiger charge is 2.05. The number of hydrogen-bond acceptors (Lipinski definition) is 3. The fraction of sp³-hybridized carbons (Fsp3) is 0.333. The van der Waals surface area contributed by atoms with E-state index in [9.17, 15) is 8.42 Å². The third-order valence-electron chi connectivity index (χ3n) is 1.47. The van der Waals surface area contributed by atoms with Gasteiger partial charge in [-0.15, -0.1) is 0 Å². The third kappa shape index (κ3) is 3.76. The van der Waals surface area contributed by atoms with Gasteiger partial charge < -0.3 is 5.32 Å². The molecule has 1 rings (SSSR count). The minimum Gasteiger partial charge on any atom is -0.388 e. The van der Waals surface area contributed by atoms with Gasteiger partial charge in [0.05, 0.1) is 4.90 Å². The Morgan fingerprint density at radius 2 is 1.57 bits per heavy atom. The van der Waals surface area contributed by atoms with E-state index in [-0.39, 0.29) is 4.90 Å². The van der Waals surface area contributed by atoms with Crippen LogP contribution < -0.4 is 10.5 Å². The van der Waals surface area contributed by atoms with Gasteiger partial charge in [0.15, 0.2) is 0 Å². The van der Waals surface area contributed by atoms with Crippen LogP contribution in [0, 0.1) is 0 Å². The molecule has 0 radical (unpaired) electrons. The standard InChI is InChI=1S/C7H10N2O2S.C2H6/c1-9-6-2-4-7(5-3-6)12(8,10)11;1-2/h2-5,9H,1H3,(H2,8,10,11);1-2H3. The van der Waals surface area contributed by atoms with Crippen LogP contribution in [0.3, 0.4) is 0 Å². The van der Waals surface area contributed by atoms with Gasteiger partial charge >= 0.3 is 0 Å². The monoisotopic (exact) mass is 216 g/mol. The molecule has 0 saturated heterocycles. The Morgan fingerprint density at radius 1 is 1.14 bits per heavy atom. The highest BCUT2D eigenvalue weighted by Crippen LogP contribution is 2.11. The number of benzene rings is 1. The second-order valence-electron chi connectivity index (χ2n) is 2.32. The SMILES string of the molecule is CC.CNc1ccc(S(N)(=O)=O)cc1. The minimum atomic E-state index is -3.56. The highest BCUT2D eigenvalue weighted by molar-refractivity contribution is 7.89. The van der Waals surface area contributed by atoms with Crippen molar-refractivity contribution in [3.8, 4) is 0 Å². The van der Waals surface area contributed by atoms with Gasteiger partial charge in [-0.05, 0) is 24.3 Å². The molecular weight excluding hydrogens is 200 g/mol. The first-order chi connectivity index (χ1) is 6.54. The molecule has 0 aliphatic carbocycles. The molecule has 14 heavy (non-hydrogen) atoms. The van der Waals surface area contributed by atoms with Gasteiger partial charge in [-0.25, -0.2) is 13.6 Å². The van der Waals surface area contributed by atoms with Crippen molar-refractivity contribution >= 4 is 15.7 Å². The van der Waals surface area contributed by atoms with Crippen LogP contribution >= 0.6 is 0 Å². The van der Waals surface area contributed by atoms with Gasteiger partial charge in [0.2, 0.25) is 10.0 Å². The lowest BCUT2D eigenvalue weighted by Crippen LogP contribution is -2.11. The van der Waals surface area contributed by atoms with Crippen LogP contribution in [-0.4, -0.2) is 15.5 Å². The van der Waals surface area contributed by atoms with Crippen molar-refractivity contribution in [3.05, 3.63) is 24.3 Å². The van der Waals surface area contributed by atoms with E-state index in [0.717, 1.165) is 5.69 Å². The van der Waals surface area contributed by atoms with Gasteiger partial charge in [0, 0.05) is 12.7 Å². The van der Waals surface area contributed by atoms with Crippen LogP contribution in [0.15, 0.2) is 29.2 Å². The molecule has 1 aromatic rings. The van der Waals surface area contributed by atoms with Crippen molar-refractivity contribution in [2.75, 3.05) is 12.4 Å². The average Bonchev–Trinajstić information content (AvgIpc) is 2.20. The van der Waals surface area contributed by atoms with Crippen LogP contribution in [0.5, 0.6) is 0 Å². The molecule has 0 aromatic heterocycles. The predicted molar refractivity (Wildman–Crippen MR) is 58.7 cm³/mol. The maximum atomic E-state index is 10.8. The summed E-state index contributed by atoms with van der Waals surface area (Å²) in [7, 11) is -1.80. The number of nitrogens with one attached hydrogen (secondary N) is 1. The number of rotatable bonds is 2. The fourth-order valence-corrected chi connectivity index (χ4v) is 1.33. The van der Waals surface area contributed by atoms with Crippen molar-refractivity contribution in [2.45, 2.75) is 18.7 Å². The van der Waals surface area contributed by atoms with E-state index in [1.54, 1.807) is 19.2 Å². The molecule has 0 fully saturated rings.